The number of hydrogen-bond donors (Lipinski definition) is 3. The predicted molar refractivity (Wildman–Crippen MR) is 51.7 cm³/mol. The Balaban J connectivity index is 2.95. The lowest BCUT2D eigenvalue weighted by Gasteiger charge is -2.32. The van der Waals surface area contributed by atoms with E-state index in [0.717, 1.165) is 12.0 Å². The van der Waals surface area contributed by atoms with Crippen molar-refractivity contribution in [3.8, 4) is 0 Å². The number of allylic oxidation sites excluding steroid dienone is 1. The molecule has 1 atom stereocenters. The Hall–Kier alpha value is -0.870. The summed E-state index contributed by atoms with van der Waals surface area (Å²) in [6.45, 7) is 2.84. The summed E-state index contributed by atoms with van der Waals surface area (Å²) in [5.41, 5.74) is 17.8. The highest BCUT2D eigenvalue weighted by molar-refractivity contribution is 5.96. The second kappa shape index (κ2) is 3.47. The van der Waals surface area contributed by atoms with E-state index in [9.17, 15) is 4.79 Å². The van der Waals surface area contributed by atoms with Crippen LogP contribution in [0.25, 0.3) is 0 Å². The lowest BCUT2D eigenvalue weighted by Crippen LogP contribution is -2.38. The molecule has 0 aromatic rings. The average molecular weight is 183 g/mol. The van der Waals surface area contributed by atoms with Gasteiger partial charge in [0.15, 0.2) is 5.78 Å². The normalized spacial score (nSPS) is 29.6. The van der Waals surface area contributed by atoms with Crippen molar-refractivity contribution in [2.45, 2.75) is 19.8 Å². The van der Waals surface area contributed by atoms with Gasteiger partial charge in [0, 0.05) is 13.0 Å². The maximum atomic E-state index is 11.4. The van der Waals surface area contributed by atoms with Crippen LogP contribution in [-0.2, 0) is 4.79 Å². The van der Waals surface area contributed by atoms with Crippen LogP contribution in [0.15, 0.2) is 11.3 Å². The van der Waals surface area contributed by atoms with E-state index in [4.69, 9.17) is 17.2 Å². The molecule has 0 aromatic carbocycles. The molecule has 74 valence electrons. The first kappa shape index (κ1) is 10.2. The minimum atomic E-state index is -0.144. The third-order valence-electron chi connectivity index (χ3n) is 2.65. The van der Waals surface area contributed by atoms with Gasteiger partial charge in [-0.05, 0) is 24.0 Å². The van der Waals surface area contributed by atoms with Crippen LogP contribution in [-0.4, -0.2) is 18.9 Å². The van der Waals surface area contributed by atoms with Gasteiger partial charge in [0.1, 0.15) is 0 Å². The number of carbonyl (C=O) groups is 1. The van der Waals surface area contributed by atoms with Crippen molar-refractivity contribution >= 4 is 5.78 Å². The predicted octanol–water partition coefficient (Wildman–Crippen LogP) is -0.514. The Morgan fingerprint density at radius 3 is 2.46 bits per heavy atom. The van der Waals surface area contributed by atoms with Crippen molar-refractivity contribution in [2.75, 3.05) is 13.1 Å². The van der Waals surface area contributed by atoms with Gasteiger partial charge in [-0.1, -0.05) is 6.92 Å². The largest absolute Gasteiger partial charge is 0.396 e. The van der Waals surface area contributed by atoms with E-state index in [0.29, 0.717) is 25.2 Å². The first-order valence-corrected chi connectivity index (χ1v) is 4.43. The van der Waals surface area contributed by atoms with Crippen LogP contribution in [0.1, 0.15) is 19.8 Å². The number of carbonyl (C=O) groups excluding carboxylic acids is 1. The number of ketones is 1. The van der Waals surface area contributed by atoms with E-state index < -0.39 is 0 Å². The lowest BCUT2D eigenvalue weighted by atomic mass is 9.74. The Bertz CT molecular complexity index is 260. The number of rotatable bonds is 2. The van der Waals surface area contributed by atoms with Crippen molar-refractivity contribution in [3.05, 3.63) is 11.3 Å². The highest BCUT2D eigenvalue weighted by Crippen LogP contribution is 2.34. The van der Waals surface area contributed by atoms with Gasteiger partial charge in [-0.2, -0.15) is 0 Å². The summed E-state index contributed by atoms with van der Waals surface area (Å²) in [4.78, 5) is 11.4. The molecule has 0 bridgehead atoms. The van der Waals surface area contributed by atoms with Crippen LogP contribution >= 0.6 is 0 Å². The Kier molecular flexibility index (Phi) is 2.73. The van der Waals surface area contributed by atoms with Crippen LogP contribution in [0, 0.1) is 5.41 Å². The van der Waals surface area contributed by atoms with E-state index in [1.54, 1.807) is 0 Å². The number of hydrogen-bond acceptors (Lipinski definition) is 4. The molecule has 0 fully saturated rings. The quantitative estimate of drug-likeness (QED) is 0.537. The SMILES string of the molecule is CC1(CN)CC(=O)C(N)=C(CN)C1. The monoisotopic (exact) mass is 183 g/mol. The smallest absolute Gasteiger partial charge is 0.179 e. The van der Waals surface area contributed by atoms with Gasteiger partial charge < -0.3 is 17.2 Å². The van der Waals surface area contributed by atoms with Crippen molar-refractivity contribution in [1.29, 1.82) is 0 Å². The molecule has 0 aromatic heterocycles. The summed E-state index contributed by atoms with van der Waals surface area (Å²) in [5, 5.41) is 0. The van der Waals surface area contributed by atoms with Gasteiger partial charge in [-0.15, -0.1) is 0 Å². The van der Waals surface area contributed by atoms with E-state index in [1.807, 2.05) is 6.92 Å². The molecule has 13 heavy (non-hydrogen) atoms. The number of nitrogens with two attached hydrogens (primary N) is 3. The molecule has 1 rings (SSSR count). The fourth-order valence-electron chi connectivity index (χ4n) is 1.68. The second-order valence-electron chi connectivity index (χ2n) is 4.01. The van der Waals surface area contributed by atoms with Gasteiger partial charge in [0.05, 0.1) is 5.70 Å². The lowest BCUT2D eigenvalue weighted by molar-refractivity contribution is -0.118. The van der Waals surface area contributed by atoms with Gasteiger partial charge in [-0.25, -0.2) is 0 Å². The fraction of sp³-hybridized carbons (Fsp3) is 0.667. The third-order valence-corrected chi connectivity index (χ3v) is 2.65. The third kappa shape index (κ3) is 1.89. The van der Waals surface area contributed by atoms with E-state index in [-0.39, 0.29) is 11.2 Å². The molecule has 0 aliphatic heterocycles. The first-order chi connectivity index (χ1) is 6.02. The van der Waals surface area contributed by atoms with Gasteiger partial charge in [-0.3, -0.25) is 4.79 Å². The molecule has 0 heterocycles. The van der Waals surface area contributed by atoms with Crippen molar-refractivity contribution in [1.82, 2.24) is 0 Å². The summed E-state index contributed by atoms with van der Waals surface area (Å²) in [5.74, 6) is -0.0142. The Labute approximate surface area is 78.1 Å². The van der Waals surface area contributed by atoms with Crippen LogP contribution in [0.2, 0.25) is 0 Å². The molecule has 6 N–H and O–H groups in total. The van der Waals surface area contributed by atoms with Gasteiger partial charge in [0.2, 0.25) is 0 Å². The topological polar surface area (TPSA) is 95.1 Å². The molecule has 4 nitrogen and oxygen atoms in total. The molecule has 0 radical (unpaired) electrons. The average Bonchev–Trinajstić information content (AvgIpc) is 2.11. The molecule has 0 saturated carbocycles. The number of Topliss-reactive ketones (excluding diaryl/α,β-unsaturated/α-hetero) is 1. The molecule has 0 amide bonds. The Morgan fingerprint density at radius 1 is 1.38 bits per heavy atom. The van der Waals surface area contributed by atoms with Crippen molar-refractivity contribution in [3.63, 3.8) is 0 Å². The molecule has 1 unspecified atom stereocenters. The summed E-state index contributed by atoms with van der Waals surface area (Å²) in [6, 6.07) is 0. The van der Waals surface area contributed by atoms with Crippen molar-refractivity contribution in [2.24, 2.45) is 22.6 Å². The zero-order valence-electron chi connectivity index (χ0n) is 7.97. The molecular formula is C9H17N3O. The highest BCUT2D eigenvalue weighted by atomic mass is 16.1. The van der Waals surface area contributed by atoms with E-state index in [1.165, 1.54) is 0 Å². The van der Waals surface area contributed by atoms with E-state index in [2.05, 4.69) is 0 Å². The van der Waals surface area contributed by atoms with Crippen LogP contribution in [0.5, 0.6) is 0 Å². The molecule has 4 heteroatoms. The first-order valence-electron chi connectivity index (χ1n) is 4.43. The van der Waals surface area contributed by atoms with Crippen LogP contribution < -0.4 is 17.2 Å². The maximum Gasteiger partial charge on any atom is 0.179 e. The zero-order valence-corrected chi connectivity index (χ0v) is 7.97. The maximum absolute atomic E-state index is 11.4. The Morgan fingerprint density at radius 2 is 2.00 bits per heavy atom. The standard InChI is InChI=1S/C9H17N3O/c1-9(5-11)2-6(4-10)8(12)7(13)3-9/h2-5,10-12H2,1H3. The molecule has 1 aliphatic rings. The van der Waals surface area contributed by atoms with Crippen LogP contribution in [0.3, 0.4) is 0 Å². The molecule has 1 aliphatic carbocycles. The summed E-state index contributed by atoms with van der Waals surface area (Å²) in [7, 11) is 0. The summed E-state index contributed by atoms with van der Waals surface area (Å²) >= 11 is 0. The molecular weight excluding hydrogens is 166 g/mol. The molecule has 0 spiro atoms. The summed E-state index contributed by atoms with van der Waals surface area (Å²) < 4.78 is 0. The minimum absolute atomic E-state index is 0.0142. The van der Waals surface area contributed by atoms with Crippen molar-refractivity contribution < 1.29 is 4.79 Å². The minimum Gasteiger partial charge on any atom is -0.396 e. The van der Waals surface area contributed by atoms with E-state index >= 15 is 0 Å². The second-order valence-corrected chi connectivity index (χ2v) is 4.01. The fourth-order valence-corrected chi connectivity index (χ4v) is 1.68. The highest BCUT2D eigenvalue weighted by Gasteiger charge is 2.33. The van der Waals surface area contributed by atoms with Gasteiger partial charge in [0.25, 0.3) is 0 Å². The zero-order chi connectivity index (χ0) is 10.1. The molecule has 0 saturated heterocycles. The van der Waals surface area contributed by atoms with Gasteiger partial charge >= 0.3 is 0 Å². The van der Waals surface area contributed by atoms with Crippen LogP contribution in [0.4, 0.5) is 0 Å². The summed E-state index contributed by atoms with van der Waals surface area (Å²) in [6.07, 6.45) is 1.19.